The second-order valence-corrected chi connectivity index (χ2v) is 9.82. The van der Waals surface area contributed by atoms with E-state index in [-0.39, 0.29) is 16.6 Å². The minimum absolute atomic E-state index is 0.0472. The van der Waals surface area contributed by atoms with E-state index in [4.69, 9.17) is 5.73 Å². The van der Waals surface area contributed by atoms with Gasteiger partial charge in [-0.25, -0.2) is 0 Å². The lowest BCUT2D eigenvalue weighted by molar-refractivity contribution is -0.129. The van der Waals surface area contributed by atoms with Crippen molar-refractivity contribution in [3.05, 3.63) is 0 Å². The molecule has 0 heterocycles. The average Bonchev–Trinajstić information content (AvgIpc) is 2.44. The van der Waals surface area contributed by atoms with Crippen LogP contribution >= 0.6 is 21.6 Å². The molecular formula is C16H33N3O2S2. The second-order valence-electron chi connectivity index (χ2n) is 6.65. The first-order valence-corrected chi connectivity index (χ1v) is 10.6. The van der Waals surface area contributed by atoms with E-state index in [0.29, 0.717) is 5.75 Å². The molecule has 2 amide bonds. The number of rotatable bonds is 12. The Morgan fingerprint density at radius 2 is 1.87 bits per heavy atom. The van der Waals surface area contributed by atoms with Crippen molar-refractivity contribution in [2.45, 2.75) is 64.2 Å². The molecule has 0 rings (SSSR count). The SMILES string of the molecule is CCC(CCCCNC)C(=O)NC(CSSC(C)(C)C)C(N)=O. The van der Waals surface area contributed by atoms with Crippen LogP contribution < -0.4 is 16.4 Å². The largest absolute Gasteiger partial charge is 0.368 e. The summed E-state index contributed by atoms with van der Waals surface area (Å²) in [5.74, 6) is -0.0689. The smallest absolute Gasteiger partial charge is 0.240 e. The van der Waals surface area contributed by atoms with Crippen LogP contribution in [0.25, 0.3) is 0 Å². The zero-order valence-corrected chi connectivity index (χ0v) is 16.7. The Morgan fingerprint density at radius 3 is 2.35 bits per heavy atom. The van der Waals surface area contributed by atoms with Gasteiger partial charge < -0.3 is 16.4 Å². The molecule has 2 atom stereocenters. The Labute approximate surface area is 149 Å². The fraction of sp³-hybridized carbons (Fsp3) is 0.875. The van der Waals surface area contributed by atoms with E-state index in [1.165, 1.54) is 0 Å². The van der Waals surface area contributed by atoms with E-state index in [1.54, 1.807) is 21.6 Å². The van der Waals surface area contributed by atoms with Gasteiger partial charge in [-0.3, -0.25) is 9.59 Å². The van der Waals surface area contributed by atoms with E-state index in [2.05, 4.69) is 31.4 Å². The summed E-state index contributed by atoms with van der Waals surface area (Å²) in [6.45, 7) is 9.30. The molecule has 2 unspecified atom stereocenters. The molecule has 0 saturated heterocycles. The lowest BCUT2D eigenvalue weighted by atomic mass is 9.98. The highest BCUT2D eigenvalue weighted by Gasteiger charge is 2.24. The fourth-order valence-electron chi connectivity index (χ4n) is 1.98. The average molecular weight is 364 g/mol. The number of carbonyl (C=O) groups excluding carboxylic acids is 2. The van der Waals surface area contributed by atoms with Crippen LogP contribution in [0, 0.1) is 5.92 Å². The van der Waals surface area contributed by atoms with Crippen LogP contribution in [-0.4, -0.2) is 41.9 Å². The Morgan fingerprint density at radius 1 is 1.22 bits per heavy atom. The van der Waals surface area contributed by atoms with Crippen molar-refractivity contribution in [3.63, 3.8) is 0 Å². The van der Waals surface area contributed by atoms with Gasteiger partial charge in [0.05, 0.1) is 0 Å². The predicted molar refractivity (Wildman–Crippen MR) is 102 cm³/mol. The number of carbonyl (C=O) groups is 2. The zero-order chi connectivity index (χ0) is 17.9. The van der Waals surface area contributed by atoms with Crippen LogP contribution in [0.4, 0.5) is 0 Å². The van der Waals surface area contributed by atoms with Gasteiger partial charge in [-0.15, -0.1) is 0 Å². The van der Waals surface area contributed by atoms with Gasteiger partial charge in [-0.2, -0.15) is 0 Å². The van der Waals surface area contributed by atoms with Crippen LogP contribution in [0.2, 0.25) is 0 Å². The van der Waals surface area contributed by atoms with Gasteiger partial charge >= 0.3 is 0 Å². The quantitative estimate of drug-likeness (QED) is 0.366. The minimum atomic E-state index is -0.603. The zero-order valence-electron chi connectivity index (χ0n) is 15.1. The molecule has 7 heteroatoms. The molecule has 0 fully saturated rings. The summed E-state index contributed by atoms with van der Waals surface area (Å²) in [6, 6.07) is -0.603. The van der Waals surface area contributed by atoms with Gasteiger partial charge in [-0.1, -0.05) is 55.7 Å². The van der Waals surface area contributed by atoms with Gasteiger partial charge in [0.2, 0.25) is 11.8 Å². The number of nitrogens with one attached hydrogen (secondary N) is 2. The van der Waals surface area contributed by atoms with Crippen LogP contribution in [-0.2, 0) is 9.59 Å². The van der Waals surface area contributed by atoms with Crippen LogP contribution in [0.5, 0.6) is 0 Å². The lowest BCUT2D eigenvalue weighted by Gasteiger charge is -2.21. The molecule has 4 N–H and O–H groups in total. The first kappa shape index (κ1) is 22.6. The normalized spacial score (nSPS) is 14.3. The lowest BCUT2D eigenvalue weighted by Crippen LogP contribution is -2.48. The van der Waals surface area contributed by atoms with Gasteiger partial charge in [0.25, 0.3) is 0 Å². The van der Waals surface area contributed by atoms with Crippen molar-refractivity contribution < 1.29 is 9.59 Å². The number of nitrogens with two attached hydrogens (primary N) is 1. The number of hydrogen-bond acceptors (Lipinski definition) is 5. The maximum Gasteiger partial charge on any atom is 0.240 e. The molecule has 0 aromatic carbocycles. The van der Waals surface area contributed by atoms with Gasteiger partial charge in [0.15, 0.2) is 0 Å². The highest BCUT2D eigenvalue weighted by atomic mass is 33.1. The van der Waals surface area contributed by atoms with Crippen molar-refractivity contribution in [2.75, 3.05) is 19.3 Å². The maximum absolute atomic E-state index is 12.4. The molecule has 0 radical (unpaired) electrons. The summed E-state index contributed by atoms with van der Waals surface area (Å²) in [4.78, 5) is 23.9. The van der Waals surface area contributed by atoms with E-state index in [1.807, 2.05) is 14.0 Å². The molecule has 0 aromatic rings. The summed E-state index contributed by atoms with van der Waals surface area (Å²) in [6.07, 6.45) is 3.68. The molecule has 5 nitrogen and oxygen atoms in total. The predicted octanol–water partition coefficient (Wildman–Crippen LogP) is 2.55. The van der Waals surface area contributed by atoms with Crippen molar-refractivity contribution in [2.24, 2.45) is 11.7 Å². The number of unbranched alkanes of at least 4 members (excludes halogenated alkanes) is 1. The summed E-state index contributed by atoms with van der Waals surface area (Å²) in [5.41, 5.74) is 5.43. The first-order valence-electron chi connectivity index (χ1n) is 8.26. The summed E-state index contributed by atoms with van der Waals surface area (Å²) in [7, 11) is 5.19. The van der Waals surface area contributed by atoms with Crippen LogP contribution in [0.1, 0.15) is 53.4 Å². The Bertz CT molecular complexity index is 360. The molecular weight excluding hydrogens is 330 g/mol. The molecule has 23 heavy (non-hydrogen) atoms. The van der Waals surface area contributed by atoms with E-state index < -0.39 is 11.9 Å². The van der Waals surface area contributed by atoms with Gasteiger partial charge in [0.1, 0.15) is 6.04 Å². The van der Waals surface area contributed by atoms with E-state index >= 15 is 0 Å². The van der Waals surface area contributed by atoms with Crippen molar-refractivity contribution in [1.29, 1.82) is 0 Å². The van der Waals surface area contributed by atoms with Crippen LogP contribution in [0.15, 0.2) is 0 Å². The van der Waals surface area contributed by atoms with E-state index in [0.717, 1.165) is 32.2 Å². The molecule has 0 bridgehead atoms. The third-order valence-corrected chi connectivity index (χ3v) is 6.65. The summed E-state index contributed by atoms with van der Waals surface area (Å²) >= 11 is 0. The topological polar surface area (TPSA) is 84.2 Å². The Kier molecular flexibility index (Phi) is 11.8. The Hall–Kier alpha value is -0.400. The summed E-state index contributed by atoms with van der Waals surface area (Å²) in [5, 5.41) is 5.94. The summed E-state index contributed by atoms with van der Waals surface area (Å²) < 4.78 is 0.107. The maximum atomic E-state index is 12.4. The van der Waals surface area contributed by atoms with Crippen molar-refractivity contribution in [1.82, 2.24) is 10.6 Å². The molecule has 0 spiro atoms. The third-order valence-electron chi connectivity index (χ3n) is 3.30. The third kappa shape index (κ3) is 11.7. The van der Waals surface area contributed by atoms with E-state index in [9.17, 15) is 9.59 Å². The first-order chi connectivity index (χ1) is 10.7. The molecule has 136 valence electrons. The van der Waals surface area contributed by atoms with Crippen LogP contribution in [0.3, 0.4) is 0 Å². The molecule has 0 aliphatic rings. The van der Waals surface area contributed by atoms with Crippen molar-refractivity contribution in [3.8, 4) is 0 Å². The monoisotopic (exact) mass is 363 g/mol. The van der Waals surface area contributed by atoms with Gasteiger partial charge in [-0.05, 0) is 32.9 Å². The number of primary amides is 1. The fourth-order valence-corrected chi connectivity index (χ4v) is 4.45. The number of hydrogen-bond donors (Lipinski definition) is 3. The second kappa shape index (κ2) is 12.0. The van der Waals surface area contributed by atoms with Gasteiger partial charge in [0, 0.05) is 16.4 Å². The molecule has 0 saturated carbocycles. The minimum Gasteiger partial charge on any atom is -0.368 e. The molecule has 0 aliphatic carbocycles. The number of amides is 2. The highest BCUT2D eigenvalue weighted by molar-refractivity contribution is 8.77. The molecule has 0 aromatic heterocycles. The Balaban J connectivity index is 4.37. The highest BCUT2D eigenvalue weighted by Crippen LogP contribution is 2.35. The standard InChI is InChI=1S/C16H33N3O2S2/c1-6-12(9-7-8-10-18-5)15(21)19-13(14(17)20)11-22-23-16(2,3)4/h12-13,18H,6-11H2,1-5H3,(H2,17,20)(H,19,21). The molecule has 0 aliphatic heterocycles. The van der Waals surface area contributed by atoms with Crippen molar-refractivity contribution >= 4 is 33.4 Å².